The lowest BCUT2D eigenvalue weighted by atomic mass is 10.0. The minimum atomic E-state index is 0.748. The molecule has 1 aliphatic heterocycles. The number of anilines is 1. The van der Waals surface area contributed by atoms with Gasteiger partial charge in [-0.2, -0.15) is 0 Å². The van der Waals surface area contributed by atoms with Crippen molar-refractivity contribution in [2.24, 2.45) is 0 Å². The van der Waals surface area contributed by atoms with Crippen LogP contribution in [0.15, 0.2) is 28.8 Å². The van der Waals surface area contributed by atoms with Crippen molar-refractivity contribution in [1.29, 1.82) is 0 Å². The molecule has 1 aromatic carbocycles. The first-order chi connectivity index (χ1) is 8.27. The molecule has 1 aromatic rings. The highest BCUT2D eigenvalue weighted by Gasteiger charge is 2.28. The molecule has 1 nitrogen and oxygen atoms in total. The molecule has 17 heavy (non-hydrogen) atoms. The highest BCUT2D eigenvalue weighted by Crippen LogP contribution is 2.46. The van der Waals surface area contributed by atoms with Gasteiger partial charge in [-0.25, -0.2) is 0 Å². The number of hydrogen-bond acceptors (Lipinski definition) is 2. The summed E-state index contributed by atoms with van der Waals surface area (Å²) in [5, 5.41) is 1.50. The van der Waals surface area contributed by atoms with Gasteiger partial charge in [-0.15, -0.1) is 11.8 Å². The van der Waals surface area contributed by atoms with Crippen molar-refractivity contribution in [3.8, 4) is 0 Å². The first-order valence-electron chi connectivity index (χ1n) is 5.84. The van der Waals surface area contributed by atoms with Gasteiger partial charge in [-0.3, -0.25) is 0 Å². The number of rotatable bonds is 1. The Morgan fingerprint density at radius 1 is 1.06 bits per heavy atom. The molecule has 0 radical (unpaired) electrons. The molecule has 3 rings (SSSR count). The fourth-order valence-corrected chi connectivity index (χ4v) is 4.31. The smallest absolute Gasteiger partial charge is 0.0794 e. The van der Waals surface area contributed by atoms with Crippen LogP contribution in [0.5, 0.6) is 0 Å². The van der Waals surface area contributed by atoms with Gasteiger partial charge >= 0.3 is 0 Å². The highest BCUT2D eigenvalue weighted by atomic mass is 35.5. The van der Waals surface area contributed by atoms with Gasteiger partial charge < -0.3 is 4.90 Å². The van der Waals surface area contributed by atoms with Crippen molar-refractivity contribution in [2.75, 3.05) is 10.8 Å². The topological polar surface area (TPSA) is 3.24 Å². The summed E-state index contributed by atoms with van der Waals surface area (Å²) < 4.78 is 0. The molecule has 0 spiro atoms. The second-order valence-corrected chi connectivity index (χ2v) is 6.20. The van der Waals surface area contributed by atoms with Crippen LogP contribution in [0, 0.1) is 0 Å². The van der Waals surface area contributed by atoms with E-state index in [1.807, 2.05) is 30.0 Å². The molecular weight excluding hydrogens is 273 g/mol. The lowest BCUT2D eigenvalue weighted by Crippen LogP contribution is -2.19. The number of benzene rings is 1. The average molecular weight is 286 g/mol. The summed E-state index contributed by atoms with van der Waals surface area (Å²) in [7, 11) is 0. The standard InChI is InChI=1S/C13H13Cl2NS/c14-9-4-3-5-10(15)13(9)16-8-17-12-7-2-1-6-11(12)16/h3-5H,1-2,6-8H2. The Morgan fingerprint density at radius 3 is 2.53 bits per heavy atom. The van der Waals surface area contributed by atoms with Crippen molar-refractivity contribution < 1.29 is 0 Å². The predicted molar refractivity (Wildman–Crippen MR) is 76.9 cm³/mol. The first kappa shape index (κ1) is 11.8. The molecule has 0 fully saturated rings. The van der Waals surface area contributed by atoms with Gasteiger partial charge in [0.1, 0.15) is 0 Å². The lowest BCUT2D eigenvalue weighted by molar-refractivity contribution is 0.684. The quantitative estimate of drug-likeness (QED) is 0.690. The third-order valence-electron chi connectivity index (χ3n) is 3.29. The van der Waals surface area contributed by atoms with Gasteiger partial charge in [0.15, 0.2) is 0 Å². The molecule has 0 unspecified atom stereocenters. The van der Waals surface area contributed by atoms with Crippen LogP contribution < -0.4 is 4.90 Å². The van der Waals surface area contributed by atoms with Crippen LogP contribution in [0.1, 0.15) is 25.7 Å². The van der Waals surface area contributed by atoms with Crippen LogP contribution in [0.3, 0.4) is 0 Å². The third-order valence-corrected chi connectivity index (χ3v) is 5.08. The Kier molecular flexibility index (Phi) is 3.29. The summed E-state index contributed by atoms with van der Waals surface area (Å²) in [6.07, 6.45) is 4.97. The summed E-state index contributed by atoms with van der Waals surface area (Å²) in [5.74, 6) is 0.953. The van der Waals surface area contributed by atoms with E-state index in [1.165, 1.54) is 29.9 Å². The number of para-hydroxylation sites is 1. The summed E-state index contributed by atoms with van der Waals surface area (Å²) in [5.41, 5.74) is 2.42. The van der Waals surface area contributed by atoms with Gasteiger partial charge in [0, 0.05) is 10.6 Å². The zero-order valence-corrected chi connectivity index (χ0v) is 11.7. The minimum Gasteiger partial charge on any atom is -0.332 e. The Labute approximate surface area is 116 Å². The molecule has 4 heteroatoms. The number of thioether (sulfide) groups is 1. The molecule has 90 valence electrons. The monoisotopic (exact) mass is 285 g/mol. The predicted octanol–water partition coefficient (Wildman–Crippen LogP) is 5.29. The van der Waals surface area contributed by atoms with E-state index in [0.29, 0.717) is 0 Å². The summed E-state index contributed by atoms with van der Waals surface area (Å²) in [6, 6.07) is 5.72. The van der Waals surface area contributed by atoms with E-state index in [9.17, 15) is 0 Å². The van der Waals surface area contributed by atoms with E-state index < -0.39 is 0 Å². The molecule has 0 aromatic heterocycles. The third kappa shape index (κ3) is 2.07. The number of nitrogens with zero attached hydrogens (tertiary/aromatic N) is 1. The van der Waals surface area contributed by atoms with E-state index in [0.717, 1.165) is 28.0 Å². The van der Waals surface area contributed by atoms with E-state index in [1.54, 1.807) is 0 Å². The van der Waals surface area contributed by atoms with E-state index in [2.05, 4.69) is 4.90 Å². The number of allylic oxidation sites excluding steroid dienone is 2. The van der Waals surface area contributed by atoms with Gasteiger partial charge in [0.05, 0.1) is 21.6 Å². The fraction of sp³-hybridized carbons (Fsp3) is 0.385. The minimum absolute atomic E-state index is 0.748. The van der Waals surface area contributed by atoms with Crippen LogP contribution in [0.2, 0.25) is 10.0 Å². The first-order valence-corrected chi connectivity index (χ1v) is 7.58. The molecule has 0 atom stereocenters. The number of halogens is 2. The molecule has 0 saturated carbocycles. The fourth-order valence-electron chi connectivity index (χ4n) is 2.47. The van der Waals surface area contributed by atoms with Gasteiger partial charge in [-0.1, -0.05) is 29.3 Å². The van der Waals surface area contributed by atoms with Crippen molar-refractivity contribution >= 4 is 40.7 Å². The second-order valence-electron chi connectivity index (χ2n) is 4.35. The number of hydrogen-bond donors (Lipinski definition) is 0. The maximum Gasteiger partial charge on any atom is 0.0794 e. The Hall–Kier alpha value is -0.310. The van der Waals surface area contributed by atoms with Crippen LogP contribution in [0.4, 0.5) is 5.69 Å². The van der Waals surface area contributed by atoms with Crippen molar-refractivity contribution in [2.45, 2.75) is 25.7 Å². The zero-order chi connectivity index (χ0) is 11.8. The molecule has 0 N–H and O–H groups in total. The van der Waals surface area contributed by atoms with Crippen LogP contribution in [-0.4, -0.2) is 5.88 Å². The summed E-state index contributed by atoms with van der Waals surface area (Å²) in [4.78, 5) is 3.83. The van der Waals surface area contributed by atoms with Gasteiger partial charge in [0.25, 0.3) is 0 Å². The van der Waals surface area contributed by atoms with Crippen LogP contribution in [-0.2, 0) is 0 Å². The van der Waals surface area contributed by atoms with Crippen molar-refractivity contribution in [1.82, 2.24) is 0 Å². The summed E-state index contributed by atoms with van der Waals surface area (Å²) in [6.45, 7) is 0. The highest BCUT2D eigenvalue weighted by molar-refractivity contribution is 8.03. The molecule has 0 bridgehead atoms. The lowest BCUT2D eigenvalue weighted by Gasteiger charge is -2.25. The van der Waals surface area contributed by atoms with Crippen LogP contribution >= 0.6 is 35.0 Å². The molecule has 0 amide bonds. The summed E-state index contributed by atoms with van der Waals surface area (Å²) >= 11 is 14.5. The van der Waals surface area contributed by atoms with Crippen LogP contribution in [0.25, 0.3) is 0 Å². The molecule has 0 saturated heterocycles. The average Bonchev–Trinajstić information content (AvgIpc) is 2.73. The largest absolute Gasteiger partial charge is 0.332 e. The van der Waals surface area contributed by atoms with Gasteiger partial charge in [-0.05, 0) is 37.8 Å². The Bertz CT molecular complexity index is 464. The SMILES string of the molecule is Clc1cccc(Cl)c1N1CSC2=C1CCCC2. The molecule has 1 heterocycles. The maximum absolute atomic E-state index is 6.28. The van der Waals surface area contributed by atoms with E-state index >= 15 is 0 Å². The van der Waals surface area contributed by atoms with E-state index in [4.69, 9.17) is 23.2 Å². The molecule has 1 aliphatic carbocycles. The maximum atomic E-state index is 6.28. The zero-order valence-electron chi connectivity index (χ0n) is 9.38. The Morgan fingerprint density at radius 2 is 1.76 bits per heavy atom. The second kappa shape index (κ2) is 4.75. The molecule has 2 aliphatic rings. The molecular formula is C13H13Cl2NS. The van der Waals surface area contributed by atoms with Crippen molar-refractivity contribution in [3.63, 3.8) is 0 Å². The Balaban J connectivity index is 2.03. The van der Waals surface area contributed by atoms with Gasteiger partial charge in [0.2, 0.25) is 0 Å². The van der Waals surface area contributed by atoms with E-state index in [-0.39, 0.29) is 0 Å². The normalized spacial score (nSPS) is 19.8. The van der Waals surface area contributed by atoms with Crippen molar-refractivity contribution in [3.05, 3.63) is 38.8 Å².